The highest BCUT2D eigenvalue weighted by Crippen LogP contribution is 2.14. The largest absolute Gasteiger partial charge is 0.349 e. The first kappa shape index (κ1) is 13.7. The number of benzene rings is 1. The molecule has 0 aliphatic rings. The second kappa shape index (κ2) is 6.43. The fraction of sp³-hybridized carbons (Fsp3) is 0.357. The zero-order valence-electron chi connectivity index (χ0n) is 10.8. The Kier molecular flexibility index (Phi) is 4.63. The van der Waals surface area contributed by atoms with Crippen LogP contribution in [0.5, 0.6) is 0 Å². The van der Waals surface area contributed by atoms with Crippen molar-refractivity contribution in [3.05, 3.63) is 53.6 Å². The molecule has 2 rings (SSSR count). The molecule has 0 aliphatic carbocycles. The Bertz CT molecular complexity index is 511. The van der Waals surface area contributed by atoms with Gasteiger partial charge in [0.15, 0.2) is 11.6 Å². The number of likely N-dealkylation sites (N-methyl/N-ethyl adjacent to an activating group) is 1. The molecule has 1 heterocycles. The minimum atomic E-state index is -0.800. The first-order valence-corrected chi connectivity index (χ1v) is 6.35. The van der Waals surface area contributed by atoms with E-state index in [-0.39, 0.29) is 6.04 Å². The molecule has 0 spiro atoms. The monoisotopic (exact) mass is 265 g/mol. The van der Waals surface area contributed by atoms with E-state index in [1.807, 2.05) is 6.92 Å². The molecule has 0 saturated heterocycles. The van der Waals surface area contributed by atoms with Crippen molar-refractivity contribution < 1.29 is 8.78 Å². The Morgan fingerprint density at radius 2 is 2.16 bits per heavy atom. The quantitative estimate of drug-likeness (QED) is 0.842. The number of halogens is 2. The van der Waals surface area contributed by atoms with Gasteiger partial charge in [-0.2, -0.15) is 0 Å². The summed E-state index contributed by atoms with van der Waals surface area (Å²) in [6.45, 7) is 2.75. The second-order valence-corrected chi connectivity index (χ2v) is 4.41. The van der Waals surface area contributed by atoms with Crippen LogP contribution in [0.15, 0.2) is 30.6 Å². The van der Waals surface area contributed by atoms with Gasteiger partial charge < -0.3 is 10.3 Å². The standard InChI is InChI=1S/C14H17F2N3/c1-2-17-11(9-13-18-6-7-19-13)8-10-4-3-5-12(15)14(10)16/h3-7,11,17H,2,8-9H2,1H3,(H,18,19). The Morgan fingerprint density at radius 1 is 1.32 bits per heavy atom. The number of nitrogens with one attached hydrogen (secondary N) is 2. The van der Waals surface area contributed by atoms with Crippen molar-refractivity contribution in [3.63, 3.8) is 0 Å². The number of hydrogen-bond donors (Lipinski definition) is 2. The van der Waals surface area contributed by atoms with E-state index in [4.69, 9.17) is 0 Å². The van der Waals surface area contributed by atoms with E-state index in [9.17, 15) is 8.78 Å². The van der Waals surface area contributed by atoms with Gasteiger partial charge in [0.05, 0.1) is 0 Å². The highest BCUT2D eigenvalue weighted by atomic mass is 19.2. The van der Waals surface area contributed by atoms with Gasteiger partial charge in [-0.15, -0.1) is 0 Å². The molecule has 5 heteroatoms. The molecular weight excluding hydrogens is 248 g/mol. The summed E-state index contributed by atoms with van der Waals surface area (Å²) < 4.78 is 26.8. The Labute approximate surface area is 111 Å². The summed E-state index contributed by atoms with van der Waals surface area (Å²) in [4.78, 5) is 7.18. The van der Waals surface area contributed by atoms with Crippen LogP contribution in [0.3, 0.4) is 0 Å². The summed E-state index contributed by atoms with van der Waals surface area (Å²) in [7, 11) is 0. The maximum absolute atomic E-state index is 13.7. The van der Waals surface area contributed by atoms with E-state index in [2.05, 4.69) is 15.3 Å². The average Bonchev–Trinajstić information content (AvgIpc) is 2.88. The summed E-state index contributed by atoms with van der Waals surface area (Å²) in [5, 5.41) is 3.27. The second-order valence-electron chi connectivity index (χ2n) is 4.41. The third kappa shape index (κ3) is 3.61. The highest BCUT2D eigenvalue weighted by molar-refractivity contribution is 5.20. The summed E-state index contributed by atoms with van der Waals surface area (Å²) in [6.07, 6.45) is 4.51. The number of rotatable bonds is 6. The van der Waals surface area contributed by atoms with Crippen molar-refractivity contribution in [1.82, 2.24) is 15.3 Å². The van der Waals surface area contributed by atoms with Gasteiger partial charge >= 0.3 is 0 Å². The van der Waals surface area contributed by atoms with Crippen molar-refractivity contribution in [3.8, 4) is 0 Å². The van der Waals surface area contributed by atoms with Crippen LogP contribution in [0.1, 0.15) is 18.3 Å². The van der Waals surface area contributed by atoms with Crippen LogP contribution in [0, 0.1) is 11.6 Å². The molecule has 0 saturated carbocycles. The van der Waals surface area contributed by atoms with Gasteiger partial charge in [0, 0.05) is 24.9 Å². The number of nitrogens with zero attached hydrogens (tertiary/aromatic N) is 1. The Hall–Kier alpha value is -1.75. The highest BCUT2D eigenvalue weighted by Gasteiger charge is 2.15. The van der Waals surface area contributed by atoms with Crippen molar-refractivity contribution >= 4 is 0 Å². The Balaban J connectivity index is 2.09. The molecule has 19 heavy (non-hydrogen) atoms. The van der Waals surface area contributed by atoms with Crippen LogP contribution in [-0.2, 0) is 12.8 Å². The van der Waals surface area contributed by atoms with Crippen LogP contribution in [0.2, 0.25) is 0 Å². The molecule has 1 aromatic heterocycles. The lowest BCUT2D eigenvalue weighted by atomic mass is 10.0. The molecule has 0 bridgehead atoms. The molecule has 102 valence electrons. The van der Waals surface area contributed by atoms with Gasteiger partial charge in [-0.3, -0.25) is 0 Å². The summed E-state index contributed by atoms with van der Waals surface area (Å²) in [5.74, 6) is -0.724. The summed E-state index contributed by atoms with van der Waals surface area (Å²) >= 11 is 0. The Morgan fingerprint density at radius 3 is 2.84 bits per heavy atom. The normalized spacial score (nSPS) is 12.6. The van der Waals surface area contributed by atoms with Crippen LogP contribution in [0.4, 0.5) is 8.78 Å². The van der Waals surface area contributed by atoms with Crippen molar-refractivity contribution in [2.45, 2.75) is 25.8 Å². The number of aromatic amines is 1. The van der Waals surface area contributed by atoms with E-state index in [1.165, 1.54) is 6.07 Å². The minimum Gasteiger partial charge on any atom is -0.349 e. The van der Waals surface area contributed by atoms with Crippen LogP contribution >= 0.6 is 0 Å². The maximum Gasteiger partial charge on any atom is 0.162 e. The third-order valence-corrected chi connectivity index (χ3v) is 2.99. The fourth-order valence-corrected chi connectivity index (χ4v) is 2.12. The molecule has 3 nitrogen and oxygen atoms in total. The molecule has 0 fully saturated rings. The maximum atomic E-state index is 13.7. The van der Waals surface area contributed by atoms with Crippen LogP contribution < -0.4 is 5.32 Å². The number of hydrogen-bond acceptors (Lipinski definition) is 2. The van der Waals surface area contributed by atoms with E-state index < -0.39 is 11.6 Å². The number of H-pyrrole nitrogens is 1. The molecule has 2 N–H and O–H groups in total. The molecular formula is C14H17F2N3. The lowest BCUT2D eigenvalue weighted by molar-refractivity contribution is 0.471. The van der Waals surface area contributed by atoms with Crippen LogP contribution in [-0.4, -0.2) is 22.6 Å². The van der Waals surface area contributed by atoms with Crippen molar-refractivity contribution in [2.75, 3.05) is 6.54 Å². The smallest absolute Gasteiger partial charge is 0.162 e. The third-order valence-electron chi connectivity index (χ3n) is 2.99. The van der Waals surface area contributed by atoms with Crippen molar-refractivity contribution in [1.29, 1.82) is 0 Å². The van der Waals surface area contributed by atoms with E-state index >= 15 is 0 Å². The summed E-state index contributed by atoms with van der Waals surface area (Å²) in [6, 6.07) is 4.30. The first-order valence-electron chi connectivity index (χ1n) is 6.35. The number of aromatic nitrogens is 2. The number of imidazole rings is 1. The zero-order chi connectivity index (χ0) is 13.7. The van der Waals surface area contributed by atoms with Gasteiger partial charge in [0.2, 0.25) is 0 Å². The lowest BCUT2D eigenvalue weighted by Crippen LogP contribution is -2.33. The minimum absolute atomic E-state index is 0.0208. The van der Waals surface area contributed by atoms with E-state index in [1.54, 1.807) is 18.5 Å². The zero-order valence-corrected chi connectivity index (χ0v) is 10.8. The molecule has 1 aromatic carbocycles. The molecule has 2 aromatic rings. The average molecular weight is 265 g/mol. The lowest BCUT2D eigenvalue weighted by Gasteiger charge is -2.17. The SMILES string of the molecule is CCNC(Cc1ncc[nH]1)Cc1cccc(F)c1F. The molecule has 0 amide bonds. The molecule has 1 atom stereocenters. The molecule has 0 aliphatic heterocycles. The topological polar surface area (TPSA) is 40.7 Å². The molecule has 0 radical (unpaired) electrons. The van der Waals surface area contributed by atoms with Gasteiger partial charge in [0.25, 0.3) is 0 Å². The first-order chi connectivity index (χ1) is 9.20. The summed E-state index contributed by atoms with van der Waals surface area (Å²) in [5.41, 5.74) is 0.387. The van der Waals surface area contributed by atoms with Crippen LogP contribution in [0.25, 0.3) is 0 Å². The predicted octanol–water partition coefficient (Wildman–Crippen LogP) is 2.45. The molecule has 1 unspecified atom stereocenters. The fourth-order valence-electron chi connectivity index (χ4n) is 2.12. The van der Waals surface area contributed by atoms with Gasteiger partial charge in [-0.25, -0.2) is 13.8 Å². The van der Waals surface area contributed by atoms with E-state index in [0.29, 0.717) is 18.4 Å². The van der Waals surface area contributed by atoms with Gasteiger partial charge in [0.1, 0.15) is 5.82 Å². The predicted molar refractivity (Wildman–Crippen MR) is 69.8 cm³/mol. The van der Waals surface area contributed by atoms with Gasteiger partial charge in [-0.1, -0.05) is 19.1 Å². The van der Waals surface area contributed by atoms with Crippen molar-refractivity contribution in [2.24, 2.45) is 0 Å². The van der Waals surface area contributed by atoms with E-state index in [0.717, 1.165) is 18.4 Å². The van der Waals surface area contributed by atoms with Gasteiger partial charge in [-0.05, 0) is 24.6 Å².